The quantitative estimate of drug-likeness (QED) is 0.540. The molecule has 1 aromatic carbocycles. The fourth-order valence-electron chi connectivity index (χ4n) is 2.07. The highest BCUT2D eigenvalue weighted by Crippen LogP contribution is 2.00. The van der Waals surface area contributed by atoms with Gasteiger partial charge in [0, 0.05) is 16.4 Å². The van der Waals surface area contributed by atoms with Crippen LogP contribution in [0.1, 0.15) is 12.5 Å². The Kier molecular flexibility index (Phi) is 2.26. The molecular formula is C13H12N4O. The van der Waals surface area contributed by atoms with Crippen LogP contribution in [0.5, 0.6) is 0 Å². The Balaban J connectivity index is 2.29. The number of tetrazole rings is 1. The Morgan fingerprint density at radius 2 is 2.00 bits per heavy atom. The standard InChI is InChI=1S/C13H12N4O/c1-9-8-12-14-17(11-6-4-3-5-7-11)15-16(12)13(9)10(2)18/h3-8H,1-2H3. The summed E-state index contributed by atoms with van der Waals surface area (Å²) in [5.41, 5.74) is 2.45. The summed E-state index contributed by atoms with van der Waals surface area (Å²) < 4.78 is 1.59. The Hall–Kier alpha value is -2.43. The summed E-state index contributed by atoms with van der Waals surface area (Å²) >= 11 is 0. The van der Waals surface area contributed by atoms with Gasteiger partial charge in [0.25, 0.3) is 5.65 Å². The van der Waals surface area contributed by atoms with E-state index < -0.39 is 0 Å². The third kappa shape index (κ3) is 1.52. The van der Waals surface area contributed by atoms with Crippen molar-refractivity contribution in [1.29, 1.82) is 0 Å². The maximum absolute atomic E-state index is 11.6. The average molecular weight is 240 g/mol. The second-order valence-electron chi connectivity index (χ2n) is 4.22. The number of rotatable bonds is 1. The minimum atomic E-state index is -0.00684. The lowest BCUT2D eigenvalue weighted by Gasteiger charge is -1.98. The van der Waals surface area contributed by atoms with E-state index >= 15 is 0 Å². The van der Waals surface area contributed by atoms with Gasteiger partial charge < -0.3 is 5.11 Å². The summed E-state index contributed by atoms with van der Waals surface area (Å²) in [6, 6.07) is 11.5. The van der Waals surface area contributed by atoms with Gasteiger partial charge in [-0.1, -0.05) is 35.4 Å². The molecule has 18 heavy (non-hydrogen) atoms. The molecule has 2 heterocycles. The van der Waals surface area contributed by atoms with Crippen molar-refractivity contribution >= 4 is 11.4 Å². The van der Waals surface area contributed by atoms with Crippen molar-refractivity contribution in [3.05, 3.63) is 47.3 Å². The topological polar surface area (TPSA) is 57.1 Å². The monoisotopic (exact) mass is 240 g/mol. The van der Waals surface area contributed by atoms with Gasteiger partial charge in [0.15, 0.2) is 5.69 Å². The first kappa shape index (κ1) is 10.7. The van der Waals surface area contributed by atoms with Crippen LogP contribution in [0.4, 0.5) is 0 Å². The SMILES string of the molecule is C/C([O-])=c1\c(C)cc2n[n+](-c3ccccc3)nn12. The smallest absolute Gasteiger partial charge is 0.289 e. The minimum absolute atomic E-state index is 0.00684. The number of hydrogen-bond acceptors (Lipinski definition) is 3. The summed E-state index contributed by atoms with van der Waals surface area (Å²) in [7, 11) is 0. The molecule has 0 aliphatic rings. The van der Waals surface area contributed by atoms with Gasteiger partial charge in [-0.3, -0.25) is 0 Å². The molecule has 3 aromatic rings. The molecule has 0 atom stereocenters. The van der Waals surface area contributed by atoms with E-state index in [1.165, 1.54) is 11.7 Å². The van der Waals surface area contributed by atoms with E-state index in [9.17, 15) is 5.11 Å². The lowest BCUT2D eigenvalue weighted by Crippen LogP contribution is -2.37. The van der Waals surface area contributed by atoms with Crippen LogP contribution >= 0.6 is 0 Å². The molecule has 5 heteroatoms. The fourth-order valence-corrected chi connectivity index (χ4v) is 2.07. The van der Waals surface area contributed by atoms with Crippen LogP contribution in [0.25, 0.3) is 17.1 Å². The molecule has 2 aromatic heterocycles. The zero-order valence-electron chi connectivity index (χ0n) is 10.2. The van der Waals surface area contributed by atoms with Gasteiger partial charge in [-0.05, 0) is 24.2 Å². The van der Waals surface area contributed by atoms with Gasteiger partial charge in [0.1, 0.15) is 10.6 Å². The molecule has 0 amide bonds. The van der Waals surface area contributed by atoms with Crippen molar-refractivity contribution in [3.63, 3.8) is 0 Å². The minimum Gasteiger partial charge on any atom is -0.873 e. The molecule has 0 saturated carbocycles. The summed E-state index contributed by atoms with van der Waals surface area (Å²) in [5, 5.41) is 20.9. The largest absolute Gasteiger partial charge is 0.873 e. The van der Waals surface area contributed by atoms with Crippen LogP contribution in [0, 0.1) is 6.92 Å². The van der Waals surface area contributed by atoms with E-state index in [0.717, 1.165) is 11.3 Å². The highest BCUT2D eigenvalue weighted by atomic mass is 16.3. The normalized spacial score (nSPS) is 13.0. The fraction of sp³-hybridized carbons (Fsp3) is 0.154. The summed E-state index contributed by atoms with van der Waals surface area (Å²) in [6.07, 6.45) is 0. The Morgan fingerprint density at radius 3 is 2.67 bits per heavy atom. The van der Waals surface area contributed by atoms with Crippen LogP contribution in [0.3, 0.4) is 0 Å². The number of aryl methyl sites for hydroxylation is 1. The Bertz CT molecular complexity index is 757. The highest BCUT2D eigenvalue weighted by molar-refractivity contribution is 5.45. The van der Waals surface area contributed by atoms with Crippen molar-refractivity contribution in [2.45, 2.75) is 13.8 Å². The molecule has 0 unspecified atom stereocenters. The number of hydrogen-bond donors (Lipinski definition) is 0. The molecule has 5 nitrogen and oxygen atoms in total. The molecule has 0 radical (unpaired) electrons. The molecule has 0 spiro atoms. The molecule has 0 saturated heterocycles. The Morgan fingerprint density at radius 1 is 1.28 bits per heavy atom. The van der Waals surface area contributed by atoms with Crippen LogP contribution in [0.15, 0.2) is 36.4 Å². The van der Waals surface area contributed by atoms with E-state index in [0.29, 0.717) is 11.0 Å². The van der Waals surface area contributed by atoms with Crippen molar-refractivity contribution in [2.24, 2.45) is 0 Å². The molecule has 0 bridgehead atoms. The maximum Gasteiger partial charge on any atom is 0.289 e. The second-order valence-corrected chi connectivity index (χ2v) is 4.22. The van der Waals surface area contributed by atoms with E-state index in [1.807, 2.05) is 43.3 Å². The molecule has 0 fully saturated rings. The lowest BCUT2D eigenvalue weighted by atomic mass is 10.3. The predicted octanol–water partition coefficient (Wildman–Crippen LogP) is -0.478. The number of nitrogens with zero attached hydrogens (tertiary/aromatic N) is 4. The van der Waals surface area contributed by atoms with Crippen LogP contribution in [-0.2, 0) is 0 Å². The van der Waals surface area contributed by atoms with E-state index in [1.54, 1.807) is 4.52 Å². The third-order valence-corrected chi connectivity index (χ3v) is 2.84. The first-order valence-electron chi connectivity index (χ1n) is 5.69. The number of para-hydroxylation sites is 1. The van der Waals surface area contributed by atoms with Gasteiger partial charge >= 0.3 is 0 Å². The maximum atomic E-state index is 11.6. The number of benzene rings is 1. The molecular weight excluding hydrogens is 228 g/mol. The van der Waals surface area contributed by atoms with Crippen molar-refractivity contribution in [1.82, 2.24) is 14.8 Å². The van der Waals surface area contributed by atoms with E-state index in [4.69, 9.17) is 0 Å². The van der Waals surface area contributed by atoms with E-state index in [2.05, 4.69) is 10.3 Å². The highest BCUT2D eigenvalue weighted by Gasteiger charge is 2.16. The molecule has 90 valence electrons. The van der Waals surface area contributed by atoms with Crippen LogP contribution in [-0.4, -0.2) is 14.8 Å². The Labute approximate surface area is 104 Å². The van der Waals surface area contributed by atoms with Gasteiger partial charge in [0.2, 0.25) is 0 Å². The van der Waals surface area contributed by atoms with E-state index in [-0.39, 0.29) is 5.76 Å². The summed E-state index contributed by atoms with van der Waals surface area (Å²) in [4.78, 5) is 1.53. The average Bonchev–Trinajstić information content (AvgIpc) is 2.85. The van der Waals surface area contributed by atoms with Crippen LogP contribution in [0.2, 0.25) is 0 Å². The molecule has 0 N–H and O–H groups in total. The summed E-state index contributed by atoms with van der Waals surface area (Å²) in [6.45, 7) is 3.43. The number of fused-ring (bicyclic) bond motifs is 1. The zero-order valence-corrected chi connectivity index (χ0v) is 10.2. The van der Waals surface area contributed by atoms with Gasteiger partial charge in [-0.2, -0.15) is 0 Å². The van der Waals surface area contributed by atoms with Crippen molar-refractivity contribution in [3.8, 4) is 5.69 Å². The van der Waals surface area contributed by atoms with Crippen molar-refractivity contribution < 1.29 is 9.90 Å². The summed E-state index contributed by atoms with van der Waals surface area (Å²) in [5.74, 6) is -0.00684. The van der Waals surface area contributed by atoms with Crippen LogP contribution < -0.4 is 15.3 Å². The zero-order chi connectivity index (χ0) is 12.7. The third-order valence-electron chi connectivity index (χ3n) is 2.84. The second kappa shape index (κ2) is 3.80. The lowest BCUT2D eigenvalue weighted by molar-refractivity contribution is -0.716. The molecule has 0 aliphatic heterocycles. The first-order valence-corrected chi connectivity index (χ1v) is 5.69. The van der Waals surface area contributed by atoms with Gasteiger partial charge in [-0.25, -0.2) is 0 Å². The molecule has 0 aliphatic carbocycles. The molecule has 3 rings (SSSR count). The van der Waals surface area contributed by atoms with Gasteiger partial charge in [-0.15, -0.1) is 0 Å². The number of aromatic nitrogens is 4. The van der Waals surface area contributed by atoms with Crippen molar-refractivity contribution in [2.75, 3.05) is 0 Å². The van der Waals surface area contributed by atoms with Gasteiger partial charge in [0.05, 0.1) is 0 Å². The predicted molar refractivity (Wildman–Crippen MR) is 63.6 cm³/mol. The first-order chi connectivity index (χ1) is 8.66.